The third kappa shape index (κ3) is 3.97. The Morgan fingerprint density at radius 2 is 2.03 bits per heavy atom. The Labute approximate surface area is 214 Å². The van der Waals surface area contributed by atoms with E-state index in [0.29, 0.717) is 52.4 Å². The minimum absolute atomic E-state index is 0.298. The van der Waals surface area contributed by atoms with Gasteiger partial charge in [0.05, 0.1) is 28.9 Å². The predicted molar refractivity (Wildman–Crippen MR) is 133 cm³/mol. The highest BCUT2D eigenvalue weighted by Crippen LogP contribution is 2.42. The van der Waals surface area contributed by atoms with Gasteiger partial charge in [-0.05, 0) is 77.7 Å². The van der Waals surface area contributed by atoms with Crippen LogP contribution in [0.1, 0.15) is 51.5 Å². The maximum absolute atomic E-state index is 14.0. The number of carbonyl (C=O) groups is 1. The first-order valence-electron chi connectivity index (χ1n) is 11.5. The van der Waals surface area contributed by atoms with Crippen LogP contribution in [-0.4, -0.2) is 39.2 Å². The number of benzene rings is 2. The largest absolute Gasteiger partial charge is 0.497 e. The summed E-state index contributed by atoms with van der Waals surface area (Å²) in [7, 11) is 1.59. The number of fused-ring (bicyclic) bond motifs is 3. The molecule has 1 amide bonds. The van der Waals surface area contributed by atoms with Crippen LogP contribution in [0.5, 0.6) is 5.75 Å². The standard InChI is InChI=1S/C26H24BrF3N4O2/c1-4-34-24(21(27)14(2)32-34)25(35)33-11-10-18-19-13-17(36-3)8-9-20(19)31-22(18)23(33)15-6-5-7-16(12-15)26(28,29)30/h5-9,12-13,23,31H,4,10-11H2,1-3H3/t23-/m1/s1. The van der Waals surface area contributed by atoms with E-state index in [0.717, 1.165) is 28.6 Å². The van der Waals surface area contributed by atoms with Gasteiger partial charge in [-0.25, -0.2) is 0 Å². The molecule has 3 heterocycles. The highest BCUT2D eigenvalue weighted by Gasteiger charge is 2.38. The van der Waals surface area contributed by atoms with Gasteiger partial charge in [0.1, 0.15) is 11.4 Å². The van der Waals surface area contributed by atoms with Crippen LogP contribution >= 0.6 is 15.9 Å². The zero-order valence-corrected chi connectivity index (χ0v) is 21.5. The molecule has 0 saturated carbocycles. The van der Waals surface area contributed by atoms with E-state index < -0.39 is 17.8 Å². The van der Waals surface area contributed by atoms with Crippen molar-refractivity contribution in [3.05, 3.63) is 80.7 Å². The second kappa shape index (κ2) is 8.99. The van der Waals surface area contributed by atoms with Gasteiger partial charge in [0.15, 0.2) is 0 Å². The molecule has 0 fully saturated rings. The molecule has 1 N–H and O–H groups in total. The summed E-state index contributed by atoms with van der Waals surface area (Å²) >= 11 is 3.50. The summed E-state index contributed by atoms with van der Waals surface area (Å²) < 4.78 is 48.5. The van der Waals surface area contributed by atoms with E-state index in [9.17, 15) is 18.0 Å². The van der Waals surface area contributed by atoms with Crippen molar-refractivity contribution in [3.8, 4) is 5.75 Å². The first-order valence-corrected chi connectivity index (χ1v) is 12.3. The molecule has 2 aromatic heterocycles. The smallest absolute Gasteiger partial charge is 0.416 e. The van der Waals surface area contributed by atoms with Gasteiger partial charge in [-0.2, -0.15) is 18.3 Å². The van der Waals surface area contributed by atoms with Gasteiger partial charge < -0.3 is 14.6 Å². The third-order valence-electron chi connectivity index (χ3n) is 6.68. The number of aryl methyl sites for hydroxylation is 2. The van der Waals surface area contributed by atoms with E-state index in [2.05, 4.69) is 26.0 Å². The molecule has 188 valence electrons. The monoisotopic (exact) mass is 560 g/mol. The van der Waals surface area contributed by atoms with Crippen LogP contribution in [0.25, 0.3) is 10.9 Å². The molecule has 0 aliphatic carbocycles. The van der Waals surface area contributed by atoms with E-state index in [1.807, 2.05) is 25.1 Å². The number of aromatic amines is 1. The molecule has 0 bridgehead atoms. The van der Waals surface area contributed by atoms with E-state index in [-0.39, 0.29) is 5.91 Å². The second-order valence-corrected chi connectivity index (χ2v) is 9.56. The molecule has 1 atom stereocenters. The molecule has 1 aliphatic heterocycles. The fourth-order valence-corrected chi connectivity index (χ4v) is 5.43. The van der Waals surface area contributed by atoms with Crippen LogP contribution in [0.2, 0.25) is 0 Å². The highest BCUT2D eigenvalue weighted by molar-refractivity contribution is 9.10. The molecule has 5 rings (SSSR count). The fourth-order valence-electron chi connectivity index (χ4n) is 4.97. The number of H-pyrrole nitrogens is 1. The predicted octanol–water partition coefficient (Wildman–Crippen LogP) is 6.27. The number of alkyl halides is 3. The van der Waals surface area contributed by atoms with Crippen molar-refractivity contribution >= 4 is 32.7 Å². The Hall–Kier alpha value is -3.27. The van der Waals surface area contributed by atoms with Crippen LogP contribution in [-0.2, 0) is 19.1 Å². The molecule has 0 saturated heterocycles. The zero-order valence-electron chi connectivity index (χ0n) is 19.9. The van der Waals surface area contributed by atoms with Gasteiger partial charge in [0.25, 0.3) is 5.91 Å². The number of halogens is 4. The summed E-state index contributed by atoms with van der Waals surface area (Å²) in [4.78, 5) is 19.0. The van der Waals surface area contributed by atoms with Crippen molar-refractivity contribution in [2.24, 2.45) is 0 Å². The minimum atomic E-state index is -4.50. The van der Waals surface area contributed by atoms with E-state index in [1.54, 1.807) is 29.7 Å². The number of amides is 1. The van der Waals surface area contributed by atoms with Crippen molar-refractivity contribution in [1.82, 2.24) is 19.7 Å². The summed E-state index contributed by atoms with van der Waals surface area (Å²) in [6.45, 7) is 4.50. The quantitative estimate of drug-likeness (QED) is 0.320. The fraction of sp³-hybridized carbons (Fsp3) is 0.308. The van der Waals surface area contributed by atoms with E-state index in [4.69, 9.17) is 4.74 Å². The van der Waals surface area contributed by atoms with Gasteiger partial charge in [-0.1, -0.05) is 12.1 Å². The number of methoxy groups -OCH3 is 1. The Morgan fingerprint density at radius 1 is 1.25 bits per heavy atom. The summed E-state index contributed by atoms with van der Waals surface area (Å²) in [5.74, 6) is 0.387. The van der Waals surface area contributed by atoms with Gasteiger partial charge >= 0.3 is 6.18 Å². The zero-order chi connectivity index (χ0) is 25.8. The SMILES string of the molecule is CCn1nc(C)c(Br)c1C(=O)N1CCc2c([nH]c3ccc(OC)cc23)[C@H]1c1cccc(C(F)(F)F)c1. The van der Waals surface area contributed by atoms with Crippen molar-refractivity contribution < 1.29 is 22.7 Å². The van der Waals surface area contributed by atoms with Gasteiger partial charge in [0.2, 0.25) is 0 Å². The summed E-state index contributed by atoms with van der Waals surface area (Å²) in [5.41, 5.74) is 3.19. The lowest BCUT2D eigenvalue weighted by molar-refractivity contribution is -0.137. The van der Waals surface area contributed by atoms with E-state index in [1.165, 1.54) is 6.07 Å². The number of hydrogen-bond donors (Lipinski definition) is 1. The second-order valence-electron chi connectivity index (χ2n) is 8.77. The molecular weight excluding hydrogens is 537 g/mol. The third-order valence-corrected chi connectivity index (χ3v) is 7.63. The molecule has 36 heavy (non-hydrogen) atoms. The average Bonchev–Trinajstić information content (AvgIpc) is 3.38. The molecule has 10 heteroatoms. The van der Waals surface area contributed by atoms with Gasteiger partial charge in [0, 0.05) is 29.7 Å². The Balaban J connectivity index is 1.71. The first-order chi connectivity index (χ1) is 17.1. The molecule has 0 spiro atoms. The Bertz CT molecular complexity index is 1470. The van der Waals surface area contributed by atoms with Crippen molar-refractivity contribution in [1.29, 1.82) is 0 Å². The Kier molecular flexibility index (Phi) is 6.10. The van der Waals surface area contributed by atoms with Crippen LogP contribution in [0, 0.1) is 6.92 Å². The first kappa shape index (κ1) is 24.4. The lowest BCUT2D eigenvalue weighted by atomic mass is 9.91. The number of rotatable bonds is 4. The van der Waals surface area contributed by atoms with E-state index >= 15 is 0 Å². The van der Waals surface area contributed by atoms with Crippen molar-refractivity contribution in [2.45, 2.75) is 39.0 Å². The lowest BCUT2D eigenvalue weighted by Crippen LogP contribution is -2.41. The van der Waals surface area contributed by atoms with Crippen LogP contribution < -0.4 is 4.74 Å². The molecule has 1 aliphatic rings. The van der Waals surface area contributed by atoms with Crippen molar-refractivity contribution in [2.75, 3.05) is 13.7 Å². The molecule has 0 unspecified atom stereocenters. The van der Waals surface area contributed by atoms with Crippen LogP contribution in [0.3, 0.4) is 0 Å². The number of ether oxygens (including phenoxy) is 1. The topological polar surface area (TPSA) is 63.2 Å². The van der Waals surface area contributed by atoms with Gasteiger partial charge in [-0.15, -0.1) is 0 Å². The highest BCUT2D eigenvalue weighted by atomic mass is 79.9. The number of nitrogens with zero attached hydrogens (tertiary/aromatic N) is 3. The summed E-state index contributed by atoms with van der Waals surface area (Å²) in [6, 6.07) is 10.1. The average molecular weight is 561 g/mol. The minimum Gasteiger partial charge on any atom is -0.497 e. The maximum Gasteiger partial charge on any atom is 0.416 e. The molecule has 0 radical (unpaired) electrons. The maximum atomic E-state index is 14.0. The van der Waals surface area contributed by atoms with Gasteiger partial charge in [-0.3, -0.25) is 9.48 Å². The number of aromatic nitrogens is 3. The lowest BCUT2D eigenvalue weighted by Gasteiger charge is -2.36. The van der Waals surface area contributed by atoms with Crippen LogP contribution in [0.15, 0.2) is 46.9 Å². The number of carbonyl (C=O) groups excluding carboxylic acids is 1. The normalized spacial score (nSPS) is 15.9. The summed E-state index contributed by atoms with van der Waals surface area (Å²) in [5, 5.41) is 5.37. The number of nitrogens with one attached hydrogen (secondary N) is 1. The molecule has 6 nitrogen and oxygen atoms in total. The Morgan fingerprint density at radius 3 is 2.72 bits per heavy atom. The summed E-state index contributed by atoms with van der Waals surface area (Å²) in [6.07, 6.45) is -3.96. The molecule has 2 aromatic carbocycles. The van der Waals surface area contributed by atoms with Crippen molar-refractivity contribution in [3.63, 3.8) is 0 Å². The number of hydrogen-bond acceptors (Lipinski definition) is 3. The van der Waals surface area contributed by atoms with Crippen LogP contribution in [0.4, 0.5) is 13.2 Å². The molecule has 4 aromatic rings. The molecular formula is C26H24BrF3N4O2.